The molecule has 1 saturated heterocycles. The van der Waals surface area contributed by atoms with E-state index in [-0.39, 0.29) is 11.8 Å². The summed E-state index contributed by atoms with van der Waals surface area (Å²) in [4.78, 5) is 24.4. The van der Waals surface area contributed by atoms with Crippen LogP contribution in [0.1, 0.15) is 13.3 Å². The Kier molecular flexibility index (Phi) is 3.69. The molecule has 0 aromatic rings. The lowest BCUT2D eigenvalue weighted by Crippen LogP contribution is -2.42. The van der Waals surface area contributed by atoms with Gasteiger partial charge in [-0.3, -0.25) is 9.59 Å². The third kappa shape index (κ3) is 2.83. The molecule has 2 amide bonds. The molecule has 0 spiro atoms. The Hall–Kier alpha value is -0.840. The van der Waals surface area contributed by atoms with Crippen molar-refractivity contribution in [2.24, 2.45) is 0 Å². The summed E-state index contributed by atoms with van der Waals surface area (Å²) in [6.07, 6.45) is 0.357. The zero-order valence-electron chi connectivity index (χ0n) is 8.05. The van der Waals surface area contributed by atoms with Gasteiger partial charge in [0.25, 0.3) is 0 Å². The summed E-state index contributed by atoms with van der Waals surface area (Å²) in [5.74, 6) is -0.134. The molecule has 1 rings (SSSR count). The second-order valence-electron chi connectivity index (χ2n) is 3.32. The molecule has 1 aliphatic rings. The SMILES string of the molecule is C=C(Br)CN1CCC(=O)NC(C)C1=O. The van der Waals surface area contributed by atoms with Crippen molar-refractivity contribution in [2.75, 3.05) is 13.1 Å². The van der Waals surface area contributed by atoms with Crippen LogP contribution in [0.15, 0.2) is 11.1 Å². The molecule has 1 aliphatic heterocycles. The maximum atomic E-state index is 11.7. The Balaban J connectivity index is 2.70. The first kappa shape index (κ1) is 11.2. The van der Waals surface area contributed by atoms with Crippen LogP contribution in [-0.4, -0.2) is 35.8 Å². The number of hydrogen-bond acceptors (Lipinski definition) is 2. The molecule has 1 atom stereocenters. The van der Waals surface area contributed by atoms with E-state index < -0.39 is 6.04 Å². The number of carbonyl (C=O) groups is 2. The number of halogens is 1. The molecule has 0 aromatic carbocycles. The summed E-state index contributed by atoms with van der Waals surface area (Å²) in [6.45, 7) is 6.28. The fourth-order valence-electron chi connectivity index (χ4n) is 1.36. The summed E-state index contributed by atoms with van der Waals surface area (Å²) < 4.78 is 0.743. The first-order valence-corrected chi connectivity index (χ1v) is 5.21. The Morgan fingerprint density at radius 2 is 2.36 bits per heavy atom. The number of nitrogens with one attached hydrogen (secondary N) is 1. The van der Waals surface area contributed by atoms with Crippen molar-refractivity contribution in [1.82, 2.24) is 10.2 Å². The van der Waals surface area contributed by atoms with Crippen molar-refractivity contribution in [2.45, 2.75) is 19.4 Å². The van der Waals surface area contributed by atoms with Gasteiger partial charge in [-0.1, -0.05) is 22.5 Å². The van der Waals surface area contributed by atoms with Gasteiger partial charge in [-0.2, -0.15) is 0 Å². The molecule has 0 saturated carbocycles. The molecule has 4 nitrogen and oxygen atoms in total. The summed E-state index contributed by atoms with van der Waals surface area (Å²) >= 11 is 3.20. The minimum Gasteiger partial charge on any atom is -0.345 e. The van der Waals surface area contributed by atoms with Gasteiger partial charge in [-0.05, 0) is 6.92 Å². The molecule has 5 heteroatoms. The van der Waals surface area contributed by atoms with Crippen LogP contribution >= 0.6 is 15.9 Å². The zero-order valence-corrected chi connectivity index (χ0v) is 9.63. The quantitative estimate of drug-likeness (QED) is 0.792. The average molecular weight is 261 g/mol. The van der Waals surface area contributed by atoms with Crippen LogP contribution in [0.4, 0.5) is 0 Å². The maximum Gasteiger partial charge on any atom is 0.245 e. The third-order valence-corrected chi connectivity index (χ3v) is 2.28. The second-order valence-corrected chi connectivity index (χ2v) is 4.44. The number of nitrogens with zero attached hydrogens (tertiary/aromatic N) is 1. The van der Waals surface area contributed by atoms with E-state index in [0.717, 1.165) is 4.48 Å². The Labute approximate surface area is 91.5 Å². The van der Waals surface area contributed by atoms with Crippen LogP contribution in [0.3, 0.4) is 0 Å². The molecule has 0 bridgehead atoms. The van der Waals surface area contributed by atoms with Crippen LogP contribution in [0.25, 0.3) is 0 Å². The van der Waals surface area contributed by atoms with Crippen molar-refractivity contribution < 1.29 is 9.59 Å². The summed E-state index contributed by atoms with van der Waals surface area (Å²) in [5, 5.41) is 2.62. The van der Waals surface area contributed by atoms with Crippen LogP contribution in [0, 0.1) is 0 Å². The van der Waals surface area contributed by atoms with Crippen molar-refractivity contribution >= 4 is 27.7 Å². The van der Waals surface area contributed by atoms with Crippen molar-refractivity contribution in [1.29, 1.82) is 0 Å². The van der Waals surface area contributed by atoms with E-state index in [0.29, 0.717) is 19.5 Å². The molecule has 14 heavy (non-hydrogen) atoms. The highest BCUT2D eigenvalue weighted by atomic mass is 79.9. The van der Waals surface area contributed by atoms with Gasteiger partial charge in [0, 0.05) is 17.4 Å². The van der Waals surface area contributed by atoms with E-state index in [1.807, 2.05) is 0 Å². The van der Waals surface area contributed by atoms with Crippen molar-refractivity contribution in [3.05, 3.63) is 11.1 Å². The lowest BCUT2D eigenvalue weighted by Gasteiger charge is -2.21. The average Bonchev–Trinajstić information content (AvgIpc) is 2.18. The molecule has 0 aromatic heterocycles. The number of amides is 2. The molecular formula is C9H13BrN2O2. The molecule has 1 fully saturated rings. The highest BCUT2D eigenvalue weighted by molar-refractivity contribution is 9.11. The predicted molar refractivity (Wildman–Crippen MR) is 56.9 cm³/mol. The van der Waals surface area contributed by atoms with Gasteiger partial charge in [0.15, 0.2) is 0 Å². The monoisotopic (exact) mass is 260 g/mol. The molecule has 0 aliphatic carbocycles. The first-order chi connectivity index (χ1) is 6.50. The zero-order chi connectivity index (χ0) is 10.7. The van der Waals surface area contributed by atoms with E-state index in [1.54, 1.807) is 11.8 Å². The minimum atomic E-state index is -0.433. The van der Waals surface area contributed by atoms with Crippen molar-refractivity contribution in [3.63, 3.8) is 0 Å². The third-order valence-electron chi connectivity index (χ3n) is 2.03. The molecule has 0 radical (unpaired) electrons. The van der Waals surface area contributed by atoms with Crippen LogP contribution in [-0.2, 0) is 9.59 Å². The highest BCUT2D eigenvalue weighted by Crippen LogP contribution is 2.09. The summed E-state index contributed by atoms with van der Waals surface area (Å²) in [7, 11) is 0. The molecule has 1 heterocycles. The molecule has 1 N–H and O–H groups in total. The number of carbonyl (C=O) groups excluding carboxylic acids is 2. The minimum absolute atomic E-state index is 0.0588. The van der Waals surface area contributed by atoms with Gasteiger partial charge in [0.2, 0.25) is 11.8 Å². The second kappa shape index (κ2) is 4.59. The topological polar surface area (TPSA) is 49.4 Å². The fraction of sp³-hybridized carbons (Fsp3) is 0.556. The standard InChI is InChI=1S/C9H13BrN2O2/c1-6(10)5-12-4-3-8(13)11-7(2)9(12)14/h7H,1,3-5H2,2H3,(H,11,13). The normalized spacial score (nSPS) is 23.0. The molecule has 78 valence electrons. The van der Waals surface area contributed by atoms with Crippen LogP contribution in [0.2, 0.25) is 0 Å². The van der Waals surface area contributed by atoms with Gasteiger partial charge in [0.05, 0.1) is 6.54 Å². The van der Waals surface area contributed by atoms with Gasteiger partial charge in [0.1, 0.15) is 6.04 Å². The molecule has 1 unspecified atom stereocenters. The van der Waals surface area contributed by atoms with Gasteiger partial charge >= 0.3 is 0 Å². The van der Waals surface area contributed by atoms with Gasteiger partial charge in [-0.25, -0.2) is 0 Å². The smallest absolute Gasteiger partial charge is 0.245 e. The Bertz CT molecular complexity index is 278. The lowest BCUT2D eigenvalue weighted by atomic mass is 10.3. The molecular weight excluding hydrogens is 248 g/mol. The van der Waals surface area contributed by atoms with Gasteiger partial charge < -0.3 is 10.2 Å². The van der Waals surface area contributed by atoms with E-state index in [2.05, 4.69) is 27.8 Å². The Morgan fingerprint density at radius 1 is 1.71 bits per heavy atom. The van der Waals surface area contributed by atoms with E-state index >= 15 is 0 Å². The lowest BCUT2D eigenvalue weighted by molar-refractivity contribution is -0.132. The summed E-state index contributed by atoms with van der Waals surface area (Å²) in [6, 6.07) is -0.433. The Morgan fingerprint density at radius 3 is 2.93 bits per heavy atom. The first-order valence-electron chi connectivity index (χ1n) is 4.42. The maximum absolute atomic E-state index is 11.7. The van der Waals surface area contributed by atoms with E-state index in [4.69, 9.17) is 0 Å². The van der Waals surface area contributed by atoms with E-state index in [9.17, 15) is 9.59 Å². The highest BCUT2D eigenvalue weighted by Gasteiger charge is 2.26. The fourth-order valence-corrected chi connectivity index (χ4v) is 1.66. The van der Waals surface area contributed by atoms with Gasteiger partial charge in [-0.15, -0.1) is 0 Å². The summed E-state index contributed by atoms with van der Waals surface area (Å²) in [5.41, 5.74) is 0. The number of rotatable bonds is 2. The number of hydrogen-bond donors (Lipinski definition) is 1. The van der Waals surface area contributed by atoms with Crippen LogP contribution < -0.4 is 5.32 Å². The van der Waals surface area contributed by atoms with E-state index in [1.165, 1.54) is 0 Å². The largest absolute Gasteiger partial charge is 0.345 e. The van der Waals surface area contributed by atoms with Crippen molar-refractivity contribution in [3.8, 4) is 0 Å². The predicted octanol–water partition coefficient (Wildman–Crippen LogP) is 0.632. The van der Waals surface area contributed by atoms with Crippen LogP contribution in [0.5, 0.6) is 0 Å².